The van der Waals surface area contributed by atoms with Gasteiger partial charge in [0.15, 0.2) is 0 Å². The van der Waals surface area contributed by atoms with E-state index >= 15 is 0 Å². The molecular formula is C17H20N2O2. The number of aromatic hydroxyl groups is 1. The highest BCUT2D eigenvalue weighted by Gasteiger charge is 2.06. The molecule has 2 aromatic rings. The summed E-state index contributed by atoms with van der Waals surface area (Å²) in [5.74, 6) is 0.183. The fraction of sp³-hybridized carbons (Fsp3) is 0.235. The molecule has 0 aliphatic rings. The summed E-state index contributed by atoms with van der Waals surface area (Å²) in [7, 11) is 1.86. The second kappa shape index (κ2) is 6.79. The Morgan fingerprint density at radius 3 is 2.48 bits per heavy atom. The molecule has 0 aliphatic heterocycles. The largest absolute Gasteiger partial charge is 0.508 e. The molecule has 110 valence electrons. The van der Waals surface area contributed by atoms with Gasteiger partial charge >= 0.3 is 0 Å². The Balaban J connectivity index is 1.89. The first-order valence-corrected chi connectivity index (χ1v) is 6.94. The third kappa shape index (κ3) is 3.99. The number of hydrogen-bond acceptors (Lipinski definition) is 3. The molecular weight excluding hydrogens is 264 g/mol. The number of carbonyl (C=O) groups is 1. The molecule has 0 bridgehead atoms. The van der Waals surface area contributed by atoms with E-state index in [9.17, 15) is 9.90 Å². The Labute approximate surface area is 124 Å². The Hall–Kier alpha value is -2.49. The quantitative estimate of drug-likeness (QED) is 0.791. The van der Waals surface area contributed by atoms with Crippen LogP contribution in [0.4, 0.5) is 5.69 Å². The molecule has 0 atom stereocenters. The molecule has 4 heteroatoms. The second-order valence-electron chi connectivity index (χ2n) is 4.95. The molecule has 0 spiro atoms. The number of hydrogen-bond donors (Lipinski definition) is 3. The molecule has 0 aromatic heterocycles. The van der Waals surface area contributed by atoms with Crippen molar-refractivity contribution in [3.8, 4) is 5.75 Å². The number of phenols is 1. The number of phenolic OH excluding ortho intramolecular Hbond substituents is 1. The molecule has 0 aliphatic carbocycles. The first kappa shape index (κ1) is 14.9. The monoisotopic (exact) mass is 284 g/mol. The maximum Gasteiger partial charge on any atom is 0.251 e. The van der Waals surface area contributed by atoms with Gasteiger partial charge < -0.3 is 15.7 Å². The van der Waals surface area contributed by atoms with Gasteiger partial charge in [-0.05, 0) is 54.8 Å². The highest BCUT2D eigenvalue weighted by atomic mass is 16.3. The van der Waals surface area contributed by atoms with Gasteiger partial charge in [-0.1, -0.05) is 12.1 Å². The van der Waals surface area contributed by atoms with E-state index in [2.05, 4.69) is 10.6 Å². The van der Waals surface area contributed by atoms with E-state index in [1.165, 1.54) is 0 Å². The van der Waals surface area contributed by atoms with Crippen LogP contribution in [0.25, 0.3) is 0 Å². The molecule has 4 nitrogen and oxygen atoms in total. The predicted octanol–water partition coefficient (Wildman–Crippen LogP) is 2.71. The highest BCUT2D eigenvalue weighted by molar-refractivity contribution is 5.94. The zero-order valence-corrected chi connectivity index (χ0v) is 12.3. The van der Waals surface area contributed by atoms with Gasteiger partial charge in [-0.3, -0.25) is 4.79 Å². The van der Waals surface area contributed by atoms with Crippen molar-refractivity contribution in [2.45, 2.75) is 13.3 Å². The molecule has 21 heavy (non-hydrogen) atoms. The second-order valence-corrected chi connectivity index (χ2v) is 4.95. The molecule has 2 aromatic carbocycles. The topological polar surface area (TPSA) is 61.4 Å². The first-order chi connectivity index (χ1) is 10.1. The number of benzene rings is 2. The van der Waals surface area contributed by atoms with Crippen LogP contribution >= 0.6 is 0 Å². The number of nitrogens with one attached hydrogen (secondary N) is 2. The molecule has 0 saturated heterocycles. The highest BCUT2D eigenvalue weighted by Crippen LogP contribution is 2.15. The minimum atomic E-state index is -0.0699. The fourth-order valence-corrected chi connectivity index (χ4v) is 2.17. The van der Waals surface area contributed by atoms with Crippen LogP contribution in [0.1, 0.15) is 21.5 Å². The van der Waals surface area contributed by atoms with Crippen LogP contribution in [0.15, 0.2) is 42.5 Å². The average molecular weight is 284 g/mol. The summed E-state index contributed by atoms with van der Waals surface area (Å²) in [6, 6.07) is 12.6. The lowest BCUT2D eigenvalue weighted by Gasteiger charge is -2.09. The Morgan fingerprint density at radius 2 is 1.86 bits per heavy atom. The number of aryl methyl sites for hydroxylation is 1. The molecule has 3 N–H and O–H groups in total. The Bertz CT molecular complexity index is 621. The molecule has 0 radical (unpaired) electrons. The van der Waals surface area contributed by atoms with Crippen molar-refractivity contribution in [3.05, 3.63) is 59.2 Å². The van der Waals surface area contributed by atoms with E-state index in [0.717, 1.165) is 23.2 Å². The molecule has 0 saturated carbocycles. The zero-order chi connectivity index (χ0) is 15.2. The lowest BCUT2D eigenvalue weighted by molar-refractivity contribution is 0.0954. The van der Waals surface area contributed by atoms with Crippen molar-refractivity contribution in [1.82, 2.24) is 5.32 Å². The Morgan fingerprint density at radius 1 is 1.14 bits per heavy atom. The maximum absolute atomic E-state index is 12.1. The van der Waals surface area contributed by atoms with Crippen LogP contribution in [-0.4, -0.2) is 24.6 Å². The van der Waals surface area contributed by atoms with Crippen molar-refractivity contribution >= 4 is 11.6 Å². The number of anilines is 1. The van der Waals surface area contributed by atoms with Gasteiger partial charge in [0.1, 0.15) is 5.75 Å². The van der Waals surface area contributed by atoms with Crippen molar-refractivity contribution in [3.63, 3.8) is 0 Å². The van der Waals surface area contributed by atoms with Gasteiger partial charge in [0.25, 0.3) is 5.91 Å². The molecule has 0 unspecified atom stereocenters. The summed E-state index contributed by atoms with van der Waals surface area (Å²) < 4.78 is 0. The van der Waals surface area contributed by atoms with E-state index in [0.29, 0.717) is 12.1 Å². The maximum atomic E-state index is 12.1. The molecule has 0 heterocycles. The van der Waals surface area contributed by atoms with Gasteiger partial charge in [-0.15, -0.1) is 0 Å². The fourth-order valence-electron chi connectivity index (χ4n) is 2.17. The van der Waals surface area contributed by atoms with Crippen LogP contribution in [0, 0.1) is 6.92 Å². The first-order valence-electron chi connectivity index (χ1n) is 6.94. The summed E-state index contributed by atoms with van der Waals surface area (Å²) in [5, 5.41) is 15.2. The number of rotatable bonds is 5. The third-order valence-electron chi connectivity index (χ3n) is 3.39. The van der Waals surface area contributed by atoms with Gasteiger partial charge in [-0.25, -0.2) is 0 Å². The molecule has 0 fully saturated rings. The summed E-state index contributed by atoms with van der Waals surface area (Å²) in [6.07, 6.45) is 0.736. The van der Waals surface area contributed by atoms with Crippen LogP contribution in [0.3, 0.4) is 0 Å². The van der Waals surface area contributed by atoms with E-state index < -0.39 is 0 Å². The minimum absolute atomic E-state index is 0.0699. The van der Waals surface area contributed by atoms with Crippen molar-refractivity contribution < 1.29 is 9.90 Å². The van der Waals surface area contributed by atoms with Crippen molar-refractivity contribution in [2.24, 2.45) is 0 Å². The van der Waals surface area contributed by atoms with Gasteiger partial charge in [0.2, 0.25) is 0 Å². The SMILES string of the molecule is CNc1ccc(C(=O)NCCc2ccc(O)cc2)cc1C. The van der Waals surface area contributed by atoms with Crippen LogP contribution < -0.4 is 10.6 Å². The van der Waals surface area contributed by atoms with Crippen LogP contribution in [-0.2, 0) is 6.42 Å². The molecule has 2 rings (SSSR count). The smallest absolute Gasteiger partial charge is 0.251 e. The standard InChI is InChI=1S/C17H20N2O2/c1-12-11-14(5-8-16(12)18-2)17(21)19-10-9-13-3-6-15(20)7-4-13/h3-8,11,18,20H,9-10H2,1-2H3,(H,19,21). The third-order valence-corrected chi connectivity index (χ3v) is 3.39. The van der Waals surface area contributed by atoms with E-state index in [1.54, 1.807) is 12.1 Å². The number of carbonyl (C=O) groups excluding carboxylic acids is 1. The van der Waals surface area contributed by atoms with Gasteiger partial charge in [0.05, 0.1) is 0 Å². The lowest BCUT2D eigenvalue weighted by Crippen LogP contribution is -2.25. The minimum Gasteiger partial charge on any atom is -0.508 e. The van der Waals surface area contributed by atoms with E-state index in [4.69, 9.17) is 0 Å². The number of amides is 1. The summed E-state index contributed by atoms with van der Waals surface area (Å²) in [4.78, 5) is 12.1. The normalized spacial score (nSPS) is 10.2. The van der Waals surface area contributed by atoms with Gasteiger partial charge in [-0.2, -0.15) is 0 Å². The van der Waals surface area contributed by atoms with Crippen LogP contribution in [0.5, 0.6) is 5.75 Å². The summed E-state index contributed by atoms with van der Waals surface area (Å²) in [6.45, 7) is 2.54. The van der Waals surface area contributed by atoms with E-state index in [-0.39, 0.29) is 11.7 Å². The van der Waals surface area contributed by atoms with Crippen molar-refractivity contribution in [2.75, 3.05) is 18.9 Å². The van der Waals surface area contributed by atoms with Crippen molar-refractivity contribution in [1.29, 1.82) is 0 Å². The lowest BCUT2D eigenvalue weighted by atomic mass is 10.1. The van der Waals surface area contributed by atoms with Gasteiger partial charge in [0, 0.05) is 24.8 Å². The Kier molecular flexibility index (Phi) is 4.82. The predicted molar refractivity (Wildman–Crippen MR) is 84.9 cm³/mol. The van der Waals surface area contributed by atoms with Crippen LogP contribution in [0.2, 0.25) is 0 Å². The molecule has 1 amide bonds. The summed E-state index contributed by atoms with van der Waals surface area (Å²) >= 11 is 0. The summed E-state index contributed by atoms with van der Waals surface area (Å²) in [5.41, 5.74) is 3.81. The zero-order valence-electron chi connectivity index (χ0n) is 12.3. The average Bonchev–Trinajstić information content (AvgIpc) is 2.49. The van der Waals surface area contributed by atoms with E-state index in [1.807, 2.05) is 44.3 Å².